The van der Waals surface area contributed by atoms with Gasteiger partial charge in [0.1, 0.15) is 0 Å². The second kappa shape index (κ2) is 5.50. The number of unbranched alkanes of at least 4 members (excludes halogenated alkanes) is 3. The molecule has 94 valence electrons. The van der Waals surface area contributed by atoms with Crippen LogP contribution in [0.2, 0.25) is 0 Å². The maximum Gasteiger partial charge on any atom is 0.0680 e. The number of hydrogen-bond acceptors (Lipinski definition) is 2. The van der Waals surface area contributed by atoms with Crippen molar-refractivity contribution in [1.82, 2.24) is 0 Å². The molecular weight excluding hydrogens is 200 g/mol. The van der Waals surface area contributed by atoms with Crippen LogP contribution in [0.3, 0.4) is 0 Å². The molecule has 2 heteroatoms. The molecule has 0 saturated heterocycles. The van der Waals surface area contributed by atoms with E-state index in [-0.39, 0.29) is 11.5 Å². The van der Waals surface area contributed by atoms with Crippen molar-refractivity contribution in [2.45, 2.75) is 76.9 Å². The molecule has 2 atom stereocenters. The highest BCUT2D eigenvalue weighted by molar-refractivity contribution is 5.06. The summed E-state index contributed by atoms with van der Waals surface area (Å²) in [5.74, 6) is 0. The fourth-order valence-corrected chi connectivity index (χ4v) is 3.40. The van der Waals surface area contributed by atoms with Gasteiger partial charge in [-0.1, -0.05) is 39.0 Å². The van der Waals surface area contributed by atoms with Crippen LogP contribution in [0.5, 0.6) is 0 Å². The minimum absolute atomic E-state index is 0.0735. The van der Waals surface area contributed by atoms with Crippen molar-refractivity contribution in [3.05, 3.63) is 0 Å². The third kappa shape index (κ3) is 2.28. The van der Waals surface area contributed by atoms with Gasteiger partial charge in [-0.05, 0) is 19.3 Å². The van der Waals surface area contributed by atoms with Gasteiger partial charge in [-0.25, -0.2) is 0 Å². The van der Waals surface area contributed by atoms with Crippen molar-refractivity contribution in [3.63, 3.8) is 0 Å². The Kier molecular flexibility index (Phi) is 4.26. The molecule has 1 N–H and O–H groups in total. The molecule has 0 aromatic carbocycles. The number of aliphatic hydroxyl groups excluding tert-OH is 1. The normalized spacial score (nSPS) is 31.9. The van der Waals surface area contributed by atoms with Gasteiger partial charge >= 0.3 is 0 Å². The van der Waals surface area contributed by atoms with Crippen molar-refractivity contribution in [2.24, 2.45) is 5.41 Å². The summed E-state index contributed by atoms with van der Waals surface area (Å²) in [6.07, 6.45) is 11.2. The fourth-order valence-electron chi connectivity index (χ4n) is 3.40. The van der Waals surface area contributed by atoms with Crippen molar-refractivity contribution in [1.29, 1.82) is 0 Å². The third-order valence-corrected chi connectivity index (χ3v) is 4.59. The average molecular weight is 226 g/mol. The van der Waals surface area contributed by atoms with Crippen LogP contribution in [-0.2, 0) is 4.74 Å². The van der Waals surface area contributed by atoms with Gasteiger partial charge in [0.05, 0.1) is 12.2 Å². The maximum atomic E-state index is 9.93. The fraction of sp³-hybridized carbons (Fsp3) is 1.00. The molecule has 0 amide bonds. The maximum absolute atomic E-state index is 9.93. The molecule has 0 radical (unpaired) electrons. The molecule has 16 heavy (non-hydrogen) atoms. The molecule has 2 saturated carbocycles. The molecule has 0 aromatic rings. The molecule has 2 aliphatic rings. The summed E-state index contributed by atoms with van der Waals surface area (Å²) in [6.45, 7) is 3.13. The van der Waals surface area contributed by atoms with Crippen molar-refractivity contribution in [2.75, 3.05) is 6.61 Å². The van der Waals surface area contributed by atoms with E-state index in [0.717, 1.165) is 13.0 Å². The lowest BCUT2D eigenvalue weighted by molar-refractivity contribution is -0.189. The SMILES string of the molecule is CCCCCCOC1CC(O)C12CCCC2. The Morgan fingerprint density at radius 1 is 1.19 bits per heavy atom. The van der Waals surface area contributed by atoms with Crippen molar-refractivity contribution >= 4 is 0 Å². The van der Waals surface area contributed by atoms with E-state index in [2.05, 4.69) is 6.92 Å². The summed E-state index contributed by atoms with van der Waals surface area (Å²) in [4.78, 5) is 0. The quantitative estimate of drug-likeness (QED) is 0.704. The zero-order valence-corrected chi connectivity index (χ0v) is 10.6. The summed E-state index contributed by atoms with van der Waals surface area (Å²) in [6, 6.07) is 0. The Morgan fingerprint density at radius 2 is 1.94 bits per heavy atom. The van der Waals surface area contributed by atoms with Crippen molar-refractivity contribution < 1.29 is 9.84 Å². The second-order valence-electron chi connectivity index (χ2n) is 5.61. The smallest absolute Gasteiger partial charge is 0.0680 e. The lowest BCUT2D eigenvalue weighted by Gasteiger charge is -2.51. The minimum Gasteiger partial charge on any atom is -0.392 e. The molecule has 2 nitrogen and oxygen atoms in total. The molecular formula is C14H26O2. The van der Waals surface area contributed by atoms with E-state index < -0.39 is 0 Å². The predicted octanol–water partition coefficient (Wildman–Crippen LogP) is 3.28. The lowest BCUT2D eigenvalue weighted by atomic mass is 9.62. The van der Waals surface area contributed by atoms with Crippen LogP contribution in [0.15, 0.2) is 0 Å². The van der Waals surface area contributed by atoms with E-state index in [1.54, 1.807) is 0 Å². The van der Waals surface area contributed by atoms with Gasteiger partial charge in [0.25, 0.3) is 0 Å². The third-order valence-electron chi connectivity index (χ3n) is 4.59. The van der Waals surface area contributed by atoms with Gasteiger partial charge < -0.3 is 9.84 Å². The first-order valence-electron chi connectivity index (χ1n) is 7.09. The average Bonchev–Trinajstić information content (AvgIpc) is 2.79. The van der Waals surface area contributed by atoms with Gasteiger partial charge in [-0.3, -0.25) is 0 Å². The summed E-state index contributed by atoms with van der Waals surface area (Å²) < 4.78 is 5.97. The van der Waals surface area contributed by atoms with Crippen LogP contribution in [0.1, 0.15) is 64.7 Å². The highest BCUT2D eigenvalue weighted by Gasteiger charge is 2.56. The standard InChI is InChI=1S/C14H26O2/c1-2-3-4-7-10-16-13-11-12(15)14(13)8-5-6-9-14/h12-13,15H,2-11H2,1H3. The van der Waals surface area contributed by atoms with Crippen LogP contribution in [-0.4, -0.2) is 23.9 Å². The summed E-state index contributed by atoms with van der Waals surface area (Å²) in [7, 11) is 0. The van der Waals surface area contributed by atoms with Gasteiger partial charge in [0.15, 0.2) is 0 Å². The summed E-state index contributed by atoms with van der Waals surface area (Å²) in [5.41, 5.74) is 0.171. The second-order valence-corrected chi connectivity index (χ2v) is 5.61. The largest absolute Gasteiger partial charge is 0.392 e. The van der Waals surface area contributed by atoms with Gasteiger partial charge in [-0.15, -0.1) is 0 Å². The van der Waals surface area contributed by atoms with E-state index in [4.69, 9.17) is 4.74 Å². The highest BCUT2D eigenvalue weighted by Crippen LogP contribution is 2.54. The molecule has 1 spiro atoms. The number of ether oxygens (including phenoxy) is 1. The topological polar surface area (TPSA) is 29.5 Å². The van der Waals surface area contributed by atoms with E-state index in [0.29, 0.717) is 6.10 Å². The van der Waals surface area contributed by atoms with Crippen LogP contribution in [0.25, 0.3) is 0 Å². The Bertz CT molecular complexity index is 209. The Hall–Kier alpha value is -0.0800. The van der Waals surface area contributed by atoms with Gasteiger partial charge in [0.2, 0.25) is 0 Å². The first-order valence-corrected chi connectivity index (χ1v) is 7.09. The Labute approximate surface area is 99.4 Å². The molecule has 2 rings (SSSR count). The van der Waals surface area contributed by atoms with Crippen molar-refractivity contribution in [3.8, 4) is 0 Å². The number of rotatable bonds is 6. The van der Waals surface area contributed by atoms with Gasteiger partial charge in [0, 0.05) is 18.4 Å². The molecule has 0 aromatic heterocycles. The molecule has 0 bridgehead atoms. The summed E-state index contributed by atoms with van der Waals surface area (Å²) in [5, 5.41) is 9.93. The summed E-state index contributed by atoms with van der Waals surface area (Å²) >= 11 is 0. The first-order chi connectivity index (χ1) is 7.79. The number of aliphatic hydroxyl groups is 1. The monoisotopic (exact) mass is 226 g/mol. The van der Waals surface area contributed by atoms with Crippen LogP contribution in [0, 0.1) is 5.41 Å². The molecule has 2 unspecified atom stereocenters. The van der Waals surface area contributed by atoms with Crippen LogP contribution >= 0.6 is 0 Å². The van der Waals surface area contributed by atoms with E-state index >= 15 is 0 Å². The predicted molar refractivity (Wildman–Crippen MR) is 65.4 cm³/mol. The van der Waals surface area contributed by atoms with Crippen LogP contribution in [0.4, 0.5) is 0 Å². The molecule has 0 heterocycles. The molecule has 2 fully saturated rings. The van der Waals surface area contributed by atoms with E-state index in [9.17, 15) is 5.11 Å². The Balaban J connectivity index is 1.66. The first kappa shape index (κ1) is 12.4. The highest BCUT2D eigenvalue weighted by atomic mass is 16.5. The minimum atomic E-state index is -0.0735. The zero-order chi connectivity index (χ0) is 11.4. The Morgan fingerprint density at radius 3 is 2.56 bits per heavy atom. The lowest BCUT2D eigenvalue weighted by Crippen LogP contribution is -2.56. The van der Waals surface area contributed by atoms with Gasteiger partial charge in [-0.2, -0.15) is 0 Å². The molecule has 0 aliphatic heterocycles. The van der Waals surface area contributed by atoms with E-state index in [1.807, 2.05) is 0 Å². The van der Waals surface area contributed by atoms with E-state index in [1.165, 1.54) is 51.4 Å². The van der Waals surface area contributed by atoms with Crippen LogP contribution < -0.4 is 0 Å². The number of hydrogen-bond donors (Lipinski definition) is 1. The zero-order valence-electron chi connectivity index (χ0n) is 10.6. The molecule has 2 aliphatic carbocycles.